The van der Waals surface area contributed by atoms with Crippen molar-refractivity contribution in [3.8, 4) is 0 Å². The topological polar surface area (TPSA) is 63.8 Å². The molecular weight excluding hydrogens is 228 g/mol. The second-order valence-corrected chi connectivity index (χ2v) is 4.42. The molecular formula is C13H18N4O. The first kappa shape index (κ1) is 12.5. The Bertz CT molecular complexity index is 485. The molecule has 0 aliphatic rings. The maximum absolute atomic E-state index is 5.13. The van der Waals surface area contributed by atoms with Crippen LogP contribution in [0.2, 0.25) is 0 Å². The van der Waals surface area contributed by atoms with Gasteiger partial charge in [-0.15, -0.1) is 0 Å². The highest BCUT2D eigenvalue weighted by atomic mass is 16.5. The summed E-state index contributed by atoms with van der Waals surface area (Å²) in [6.07, 6.45) is 5.58. The van der Waals surface area contributed by atoms with Crippen molar-refractivity contribution in [1.29, 1.82) is 0 Å². The van der Waals surface area contributed by atoms with Crippen LogP contribution in [0.4, 0.5) is 5.95 Å². The Labute approximate surface area is 107 Å². The van der Waals surface area contributed by atoms with Crippen LogP contribution in [0.15, 0.2) is 16.9 Å². The van der Waals surface area contributed by atoms with Gasteiger partial charge in [0.25, 0.3) is 0 Å². The molecule has 2 heterocycles. The number of anilines is 1. The van der Waals surface area contributed by atoms with Gasteiger partial charge in [-0.05, 0) is 39.2 Å². The molecule has 0 spiro atoms. The number of hydrogen-bond donors (Lipinski definition) is 1. The van der Waals surface area contributed by atoms with Crippen molar-refractivity contribution in [3.05, 3.63) is 35.0 Å². The van der Waals surface area contributed by atoms with E-state index in [0.29, 0.717) is 5.95 Å². The molecule has 18 heavy (non-hydrogen) atoms. The van der Waals surface area contributed by atoms with Crippen molar-refractivity contribution in [3.63, 3.8) is 0 Å². The third-order valence-electron chi connectivity index (χ3n) is 2.85. The van der Waals surface area contributed by atoms with Gasteiger partial charge in [-0.3, -0.25) is 0 Å². The molecule has 0 aliphatic heterocycles. The van der Waals surface area contributed by atoms with Gasteiger partial charge in [-0.2, -0.15) is 0 Å². The summed E-state index contributed by atoms with van der Waals surface area (Å²) in [7, 11) is 0. The van der Waals surface area contributed by atoms with Gasteiger partial charge in [-0.1, -0.05) is 5.16 Å². The van der Waals surface area contributed by atoms with Gasteiger partial charge in [0, 0.05) is 24.5 Å². The fourth-order valence-corrected chi connectivity index (χ4v) is 1.81. The Hall–Kier alpha value is -1.91. The van der Waals surface area contributed by atoms with Gasteiger partial charge in [0.05, 0.1) is 5.69 Å². The van der Waals surface area contributed by atoms with E-state index in [4.69, 9.17) is 4.52 Å². The second kappa shape index (κ2) is 5.62. The standard InChI is InChI=1S/C13H18N4O/c1-9-7-15-13(16-8-9)14-6-4-5-12-10(2)17-18-11(12)3/h7-8H,4-6H2,1-3H3,(H,14,15,16). The molecule has 2 aromatic heterocycles. The minimum Gasteiger partial charge on any atom is -0.361 e. The third-order valence-corrected chi connectivity index (χ3v) is 2.85. The van der Waals surface area contributed by atoms with Gasteiger partial charge in [-0.25, -0.2) is 9.97 Å². The van der Waals surface area contributed by atoms with Crippen LogP contribution in [0, 0.1) is 20.8 Å². The zero-order valence-electron chi connectivity index (χ0n) is 11.0. The van der Waals surface area contributed by atoms with Crippen LogP contribution in [0.3, 0.4) is 0 Å². The summed E-state index contributed by atoms with van der Waals surface area (Å²) in [6, 6.07) is 0. The zero-order chi connectivity index (χ0) is 13.0. The number of aryl methyl sites for hydroxylation is 3. The molecule has 2 aromatic rings. The van der Waals surface area contributed by atoms with Gasteiger partial charge < -0.3 is 9.84 Å². The smallest absolute Gasteiger partial charge is 0.222 e. The first-order valence-corrected chi connectivity index (χ1v) is 6.11. The lowest BCUT2D eigenvalue weighted by atomic mass is 10.1. The summed E-state index contributed by atoms with van der Waals surface area (Å²) in [5.74, 6) is 1.60. The molecule has 2 rings (SSSR count). The fraction of sp³-hybridized carbons (Fsp3) is 0.462. The summed E-state index contributed by atoms with van der Waals surface area (Å²) in [5, 5.41) is 7.14. The van der Waals surface area contributed by atoms with E-state index in [1.165, 1.54) is 5.56 Å². The molecule has 5 nitrogen and oxygen atoms in total. The van der Waals surface area contributed by atoms with Crippen LogP contribution in [-0.4, -0.2) is 21.7 Å². The van der Waals surface area contributed by atoms with Crippen LogP contribution in [-0.2, 0) is 6.42 Å². The van der Waals surface area contributed by atoms with Crippen LogP contribution in [0.25, 0.3) is 0 Å². The number of aromatic nitrogens is 3. The average molecular weight is 246 g/mol. The van der Waals surface area contributed by atoms with E-state index in [2.05, 4.69) is 20.4 Å². The molecule has 0 saturated heterocycles. The monoisotopic (exact) mass is 246 g/mol. The summed E-state index contributed by atoms with van der Waals surface area (Å²) in [5.41, 5.74) is 3.26. The van der Waals surface area contributed by atoms with E-state index in [1.54, 1.807) is 0 Å². The average Bonchev–Trinajstić information content (AvgIpc) is 2.68. The maximum atomic E-state index is 5.13. The molecule has 96 valence electrons. The van der Waals surface area contributed by atoms with Gasteiger partial charge in [0.1, 0.15) is 5.76 Å². The van der Waals surface area contributed by atoms with E-state index < -0.39 is 0 Å². The lowest BCUT2D eigenvalue weighted by Crippen LogP contribution is -2.06. The van der Waals surface area contributed by atoms with E-state index in [-0.39, 0.29) is 0 Å². The Balaban J connectivity index is 1.78. The van der Waals surface area contributed by atoms with Gasteiger partial charge in [0.2, 0.25) is 5.95 Å². The molecule has 0 fully saturated rings. The summed E-state index contributed by atoms with van der Waals surface area (Å²) < 4.78 is 5.13. The predicted octanol–water partition coefficient (Wildman–Crippen LogP) is 2.43. The maximum Gasteiger partial charge on any atom is 0.222 e. The van der Waals surface area contributed by atoms with Crippen molar-refractivity contribution in [2.24, 2.45) is 0 Å². The Kier molecular flexibility index (Phi) is 3.92. The van der Waals surface area contributed by atoms with Gasteiger partial charge in [0.15, 0.2) is 0 Å². The Morgan fingerprint density at radius 3 is 2.50 bits per heavy atom. The first-order chi connectivity index (χ1) is 8.66. The third kappa shape index (κ3) is 3.06. The van der Waals surface area contributed by atoms with Crippen LogP contribution in [0.1, 0.15) is 29.0 Å². The lowest BCUT2D eigenvalue weighted by molar-refractivity contribution is 0.392. The highest BCUT2D eigenvalue weighted by Gasteiger charge is 2.07. The number of nitrogens with zero attached hydrogens (tertiary/aromatic N) is 3. The van der Waals surface area contributed by atoms with E-state index in [1.807, 2.05) is 33.2 Å². The molecule has 0 bridgehead atoms. The molecule has 0 unspecified atom stereocenters. The predicted molar refractivity (Wildman–Crippen MR) is 69.6 cm³/mol. The molecule has 0 atom stereocenters. The SMILES string of the molecule is Cc1cnc(NCCCc2c(C)noc2C)nc1. The normalized spacial score (nSPS) is 10.6. The molecule has 0 saturated carbocycles. The van der Waals surface area contributed by atoms with Crippen molar-refractivity contribution in [2.75, 3.05) is 11.9 Å². The van der Waals surface area contributed by atoms with Gasteiger partial charge >= 0.3 is 0 Å². The van der Waals surface area contributed by atoms with E-state index in [0.717, 1.165) is 36.4 Å². The molecule has 0 amide bonds. The summed E-state index contributed by atoms with van der Waals surface area (Å²) in [6.45, 7) is 6.74. The van der Waals surface area contributed by atoms with Crippen molar-refractivity contribution >= 4 is 5.95 Å². The van der Waals surface area contributed by atoms with Crippen molar-refractivity contribution in [1.82, 2.24) is 15.1 Å². The number of rotatable bonds is 5. The molecule has 1 N–H and O–H groups in total. The summed E-state index contributed by atoms with van der Waals surface area (Å²) in [4.78, 5) is 8.39. The zero-order valence-corrected chi connectivity index (χ0v) is 11.0. The quantitative estimate of drug-likeness (QED) is 0.821. The van der Waals surface area contributed by atoms with Crippen molar-refractivity contribution in [2.45, 2.75) is 33.6 Å². The minimum atomic E-state index is 0.680. The van der Waals surface area contributed by atoms with Crippen LogP contribution >= 0.6 is 0 Å². The molecule has 0 radical (unpaired) electrons. The number of nitrogens with one attached hydrogen (secondary N) is 1. The molecule has 0 aliphatic carbocycles. The van der Waals surface area contributed by atoms with Crippen LogP contribution in [0.5, 0.6) is 0 Å². The Morgan fingerprint density at radius 1 is 1.17 bits per heavy atom. The largest absolute Gasteiger partial charge is 0.361 e. The fourth-order valence-electron chi connectivity index (χ4n) is 1.81. The molecule has 0 aromatic carbocycles. The van der Waals surface area contributed by atoms with Crippen LogP contribution < -0.4 is 5.32 Å². The van der Waals surface area contributed by atoms with E-state index >= 15 is 0 Å². The minimum absolute atomic E-state index is 0.680. The Morgan fingerprint density at radius 2 is 1.89 bits per heavy atom. The first-order valence-electron chi connectivity index (χ1n) is 6.11. The molecule has 5 heteroatoms. The van der Waals surface area contributed by atoms with Crippen molar-refractivity contribution < 1.29 is 4.52 Å². The number of hydrogen-bond acceptors (Lipinski definition) is 5. The lowest BCUT2D eigenvalue weighted by Gasteiger charge is -2.04. The highest BCUT2D eigenvalue weighted by molar-refractivity contribution is 5.25. The van der Waals surface area contributed by atoms with E-state index in [9.17, 15) is 0 Å². The second-order valence-electron chi connectivity index (χ2n) is 4.42. The summed E-state index contributed by atoms with van der Waals surface area (Å²) >= 11 is 0. The highest BCUT2D eigenvalue weighted by Crippen LogP contribution is 2.14.